The van der Waals surface area contributed by atoms with E-state index >= 15 is 0 Å². The zero-order valence-electron chi connectivity index (χ0n) is 12.0. The fourth-order valence-electron chi connectivity index (χ4n) is 1.86. The molecule has 0 saturated carbocycles. The Morgan fingerprint density at radius 2 is 2.14 bits per heavy atom. The van der Waals surface area contributed by atoms with Gasteiger partial charge < -0.3 is 19.6 Å². The summed E-state index contributed by atoms with van der Waals surface area (Å²) in [5.74, 6) is 0.897. The number of nitrogens with one attached hydrogen (secondary N) is 1. The smallest absolute Gasteiger partial charge is 0.220 e. The molecule has 1 aromatic carbocycles. The molecule has 0 fully saturated rings. The van der Waals surface area contributed by atoms with Crippen LogP contribution in [0.4, 0.5) is 0 Å². The average molecular weight is 324 g/mol. The lowest BCUT2D eigenvalue weighted by molar-refractivity contribution is -0.121. The lowest BCUT2D eigenvalue weighted by Crippen LogP contribution is -2.28. The number of carbonyl (C=O) groups excluding carboxylic acids is 1. The van der Waals surface area contributed by atoms with Crippen LogP contribution in [-0.2, 0) is 4.79 Å². The molecule has 118 valence electrons. The van der Waals surface area contributed by atoms with Crippen LogP contribution in [0.1, 0.15) is 24.7 Å². The normalized spacial score (nSPS) is 11.9. The summed E-state index contributed by atoms with van der Waals surface area (Å²) in [5.41, 5.74) is 0. The number of ether oxygens (including phenoxy) is 1. The highest BCUT2D eigenvalue weighted by Crippen LogP contribution is 2.23. The molecule has 0 saturated heterocycles. The third-order valence-corrected chi connectivity index (χ3v) is 3.32. The molecule has 2 aromatic rings. The van der Waals surface area contributed by atoms with E-state index in [4.69, 9.17) is 20.8 Å². The maximum Gasteiger partial charge on any atom is 0.220 e. The Bertz CT molecular complexity index is 586. The predicted molar refractivity (Wildman–Crippen MR) is 82.9 cm³/mol. The second-order valence-corrected chi connectivity index (χ2v) is 5.12. The van der Waals surface area contributed by atoms with E-state index in [0.717, 1.165) is 0 Å². The number of halogens is 1. The number of hydrogen-bond donors (Lipinski definition) is 2. The number of aliphatic hydroxyl groups is 1. The number of hydrogen-bond acceptors (Lipinski definition) is 4. The molecule has 0 radical (unpaired) electrons. The lowest BCUT2D eigenvalue weighted by Gasteiger charge is -2.10. The minimum Gasteiger partial charge on any atom is -0.492 e. The number of amides is 1. The van der Waals surface area contributed by atoms with Gasteiger partial charge >= 0.3 is 0 Å². The Labute approximate surface area is 133 Å². The number of carbonyl (C=O) groups is 1. The summed E-state index contributed by atoms with van der Waals surface area (Å²) in [6, 6.07) is 10.5. The van der Waals surface area contributed by atoms with Gasteiger partial charge in [0.25, 0.3) is 0 Å². The van der Waals surface area contributed by atoms with E-state index in [-0.39, 0.29) is 12.5 Å². The van der Waals surface area contributed by atoms with Crippen molar-refractivity contribution in [3.8, 4) is 5.75 Å². The van der Waals surface area contributed by atoms with E-state index in [1.54, 1.807) is 24.3 Å². The summed E-state index contributed by atoms with van der Waals surface area (Å²) in [6.45, 7) is 0.523. The summed E-state index contributed by atoms with van der Waals surface area (Å²) >= 11 is 5.96. The minimum atomic E-state index is -0.835. The molecule has 1 unspecified atom stereocenters. The summed E-state index contributed by atoms with van der Waals surface area (Å²) in [7, 11) is 0. The maximum atomic E-state index is 11.7. The molecule has 0 aliphatic carbocycles. The van der Waals surface area contributed by atoms with E-state index in [2.05, 4.69) is 5.32 Å². The van der Waals surface area contributed by atoms with Crippen molar-refractivity contribution in [3.63, 3.8) is 0 Å². The fraction of sp³-hybridized carbons (Fsp3) is 0.312. The van der Waals surface area contributed by atoms with E-state index < -0.39 is 6.10 Å². The number of furan rings is 1. The molecule has 2 rings (SSSR count). The van der Waals surface area contributed by atoms with Crippen LogP contribution in [0, 0.1) is 0 Å². The number of para-hydroxylation sites is 1. The van der Waals surface area contributed by atoms with Crippen LogP contribution in [-0.4, -0.2) is 24.2 Å². The van der Waals surface area contributed by atoms with Crippen LogP contribution in [0.2, 0.25) is 5.02 Å². The first-order valence-electron chi connectivity index (χ1n) is 7.02. The van der Waals surface area contributed by atoms with E-state index in [1.165, 1.54) is 6.26 Å². The molecule has 1 amide bonds. The highest BCUT2D eigenvalue weighted by Gasteiger charge is 2.11. The summed E-state index contributed by atoms with van der Waals surface area (Å²) in [5, 5.41) is 13.0. The van der Waals surface area contributed by atoms with Crippen LogP contribution in [0.5, 0.6) is 5.75 Å². The van der Waals surface area contributed by atoms with E-state index in [1.807, 2.05) is 12.1 Å². The van der Waals surface area contributed by atoms with Crippen molar-refractivity contribution in [3.05, 3.63) is 53.4 Å². The highest BCUT2D eigenvalue weighted by atomic mass is 35.5. The molecule has 1 heterocycles. The molecule has 0 spiro atoms. The first-order valence-corrected chi connectivity index (χ1v) is 7.40. The van der Waals surface area contributed by atoms with Gasteiger partial charge in [-0.1, -0.05) is 23.7 Å². The van der Waals surface area contributed by atoms with Crippen molar-refractivity contribution in [1.29, 1.82) is 0 Å². The van der Waals surface area contributed by atoms with Crippen LogP contribution < -0.4 is 10.1 Å². The quantitative estimate of drug-likeness (QED) is 0.733. The second-order valence-electron chi connectivity index (χ2n) is 4.72. The third kappa shape index (κ3) is 5.09. The molecule has 1 aromatic heterocycles. The SMILES string of the molecule is O=C(CCCOc1ccccc1Cl)NCC(O)c1ccco1. The summed E-state index contributed by atoms with van der Waals surface area (Å²) < 4.78 is 10.5. The van der Waals surface area contributed by atoms with E-state index in [9.17, 15) is 9.90 Å². The van der Waals surface area contributed by atoms with Gasteiger partial charge in [0.2, 0.25) is 5.91 Å². The van der Waals surface area contributed by atoms with Gasteiger partial charge in [0.05, 0.1) is 24.4 Å². The topological polar surface area (TPSA) is 71.7 Å². The van der Waals surface area contributed by atoms with Gasteiger partial charge in [-0.2, -0.15) is 0 Å². The van der Waals surface area contributed by atoms with Crippen molar-refractivity contribution in [2.45, 2.75) is 18.9 Å². The molecule has 22 heavy (non-hydrogen) atoms. The van der Waals surface area contributed by atoms with Gasteiger partial charge in [-0.05, 0) is 30.7 Å². The standard InChI is InChI=1S/C16H18ClNO4/c17-12-5-1-2-6-14(12)21-10-4-8-16(20)18-11-13(19)15-7-3-9-22-15/h1-3,5-7,9,13,19H,4,8,10-11H2,(H,18,20). The molecule has 2 N–H and O–H groups in total. The number of rotatable bonds is 8. The zero-order valence-corrected chi connectivity index (χ0v) is 12.8. The number of benzene rings is 1. The second kappa shape index (κ2) is 8.46. The Kier molecular flexibility index (Phi) is 6.30. The Morgan fingerprint density at radius 3 is 2.86 bits per heavy atom. The molecule has 1 atom stereocenters. The van der Waals surface area contributed by atoms with Crippen molar-refractivity contribution < 1.29 is 19.1 Å². The van der Waals surface area contributed by atoms with Gasteiger partial charge in [-0.15, -0.1) is 0 Å². The van der Waals surface area contributed by atoms with Crippen molar-refractivity contribution in [2.75, 3.05) is 13.2 Å². The first-order chi connectivity index (χ1) is 10.7. The van der Waals surface area contributed by atoms with Gasteiger partial charge in [-0.3, -0.25) is 4.79 Å². The van der Waals surface area contributed by atoms with Gasteiger partial charge in [0.1, 0.15) is 17.6 Å². The minimum absolute atomic E-state index is 0.123. The Hall–Kier alpha value is -1.98. The Balaban J connectivity index is 1.61. The average Bonchev–Trinajstić information content (AvgIpc) is 3.05. The monoisotopic (exact) mass is 323 g/mol. The van der Waals surface area contributed by atoms with Crippen molar-refractivity contribution in [1.82, 2.24) is 5.32 Å². The van der Waals surface area contributed by atoms with Crippen LogP contribution in [0.3, 0.4) is 0 Å². The number of aliphatic hydroxyl groups excluding tert-OH is 1. The third-order valence-electron chi connectivity index (χ3n) is 3.01. The first kappa shape index (κ1) is 16.4. The maximum absolute atomic E-state index is 11.7. The molecule has 0 aliphatic heterocycles. The predicted octanol–water partition coefficient (Wildman–Crippen LogP) is 2.94. The molecular formula is C16H18ClNO4. The van der Waals surface area contributed by atoms with Gasteiger partial charge in [-0.25, -0.2) is 0 Å². The summed E-state index contributed by atoms with van der Waals surface area (Å²) in [6.07, 6.45) is 1.52. The van der Waals surface area contributed by atoms with Crippen LogP contribution >= 0.6 is 11.6 Å². The van der Waals surface area contributed by atoms with E-state index in [0.29, 0.717) is 36.0 Å². The molecule has 6 heteroatoms. The fourth-order valence-corrected chi connectivity index (χ4v) is 2.05. The molecule has 0 aliphatic rings. The summed E-state index contributed by atoms with van der Waals surface area (Å²) in [4.78, 5) is 11.7. The molecule has 5 nitrogen and oxygen atoms in total. The van der Waals surface area contributed by atoms with Gasteiger partial charge in [0.15, 0.2) is 0 Å². The highest BCUT2D eigenvalue weighted by molar-refractivity contribution is 6.32. The van der Waals surface area contributed by atoms with Crippen molar-refractivity contribution in [2.24, 2.45) is 0 Å². The molecule has 0 bridgehead atoms. The van der Waals surface area contributed by atoms with Crippen LogP contribution in [0.25, 0.3) is 0 Å². The molecular weight excluding hydrogens is 306 g/mol. The Morgan fingerprint density at radius 1 is 1.32 bits per heavy atom. The van der Waals surface area contributed by atoms with Crippen molar-refractivity contribution >= 4 is 17.5 Å². The largest absolute Gasteiger partial charge is 0.492 e. The lowest BCUT2D eigenvalue weighted by atomic mass is 10.2. The zero-order chi connectivity index (χ0) is 15.8. The van der Waals surface area contributed by atoms with Crippen LogP contribution in [0.15, 0.2) is 47.1 Å². The van der Waals surface area contributed by atoms with Gasteiger partial charge in [0, 0.05) is 6.42 Å².